The van der Waals surface area contributed by atoms with E-state index in [-0.39, 0.29) is 11.3 Å². The Morgan fingerprint density at radius 2 is 1.92 bits per heavy atom. The SMILES string of the molecule is C#CCN(C)C(C)C(C)S(C)(=O)=O. The first kappa shape index (κ1) is 12.5. The van der Waals surface area contributed by atoms with Crippen LogP contribution in [0.1, 0.15) is 13.8 Å². The zero-order chi connectivity index (χ0) is 10.6. The summed E-state index contributed by atoms with van der Waals surface area (Å²) in [6.07, 6.45) is 6.38. The van der Waals surface area contributed by atoms with Crippen LogP contribution in [0.4, 0.5) is 0 Å². The Morgan fingerprint density at radius 1 is 1.46 bits per heavy atom. The molecule has 0 aromatic rings. The molecule has 0 heterocycles. The minimum Gasteiger partial charge on any atom is -0.291 e. The zero-order valence-corrected chi connectivity index (χ0v) is 9.43. The van der Waals surface area contributed by atoms with Gasteiger partial charge in [0.25, 0.3) is 0 Å². The van der Waals surface area contributed by atoms with E-state index in [2.05, 4.69) is 5.92 Å². The molecule has 3 nitrogen and oxygen atoms in total. The molecule has 2 atom stereocenters. The molecule has 0 N–H and O–H groups in total. The molecule has 0 aliphatic heterocycles. The van der Waals surface area contributed by atoms with Crippen LogP contribution in [0.3, 0.4) is 0 Å². The van der Waals surface area contributed by atoms with Gasteiger partial charge in [0.1, 0.15) is 0 Å². The molecule has 0 bridgehead atoms. The standard InChI is InChI=1S/C9H17NO2S/c1-6-7-10(4)8(2)9(3)13(5,11)12/h1,8-9H,7H2,2-5H3. The average molecular weight is 203 g/mol. The van der Waals surface area contributed by atoms with Crippen molar-refractivity contribution in [3.8, 4) is 12.3 Å². The third-order valence-corrected chi connectivity index (χ3v) is 4.14. The summed E-state index contributed by atoms with van der Waals surface area (Å²) in [5.74, 6) is 2.49. The van der Waals surface area contributed by atoms with Gasteiger partial charge < -0.3 is 0 Å². The van der Waals surface area contributed by atoms with E-state index >= 15 is 0 Å². The second kappa shape index (κ2) is 4.64. The van der Waals surface area contributed by atoms with Crippen LogP contribution in [-0.4, -0.2) is 44.5 Å². The van der Waals surface area contributed by atoms with Crippen molar-refractivity contribution in [3.05, 3.63) is 0 Å². The molecule has 0 aromatic carbocycles. The van der Waals surface area contributed by atoms with Crippen molar-refractivity contribution in [2.45, 2.75) is 25.1 Å². The molecule has 0 amide bonds. The van der Waals surface area contributed by atoms with Crippen molar-refractivity contribution < 1.29 is 8.42 Å². The maximum Gasteiger partial charge on any atom is 0.151 e. The average Bonchev–Trinajstić information content (AvgIpc) is 2.00. The van der Waals surface area contributed by atoms with Gasteiger partial charge in [-0.1, -0.05) is 5.92 Å². The number of terminal acetylenes is 1. The van der Waals surface area contributed by atoms with Gasteiger partial charge in [0.05, 0.1) is 11.8 Å². The summed E-state index contributed by atoms with van der Waals surface area (Å²) < 4.78 is 22.4. The van der Waals surface area contributed by atoms with Gasteiger partial charge in [0.2, 0.25) is 0 Å². The van der Waals surface area contributed by atoms with Gasteiger partial charge in [0.15, 0.2) is 9.84 Å². The normalized spacial score (nSPS) is 16.6. The summed E-state index contributed by atoms with van der Waals surface area (Å²) in [6.45, 7) is 4.04. The van der Waals surface area contributed by atoms with Crippen molar-refractivity contribution in [1.82, 2.24) is 4.90 Å². The van der Waals surface area contributed by atoms with Crippen molar-refractivity contribution in [3.63, 3.8) is 0 Å². The van der Waals surface area contributed by atoms with Crippen LogP contribution >= 0.6 is 0 Å². The Kier molecular flexibility index (Phi) is 4.45. The van der Waals surface area contributed by atoms with E-state index in [9.17, 15) is 8.42 Å². The maximum atomic E-state index is 11.2. The number of rotatable bonds is 4. The molecule has 0 aromatic heterocycles. The molecule has 2 unspecified atom stereocenters. The molecule has 0 fully saturated rings. The van der Waals surface area contributed by atoms with E-state index < -0.39 is 9.84 Å². The quantitative estimate of drug-likeness (QED) is 0.620. The van der Waals surface area contributed by atoms with Gasteiger partial charge in [-0.15, -0.1) is 6.42 Å². The number of hydrogen-bond acceptors (Lipinski definition) is 3. The number of nitrogens with zero attached hydrogens (tertiary/aromatic N) is 1. The van der Waals surface area contributed by atoms with Crippen LogP contribution in [-0.2, 0) is 9.84 Å². The van der Waals surface area contributed by atoms with E-state index in [0.29, 0.717) is 6.54 Å². The van der Waals surface area contributed by atoms with E-state index in [4.69, 9.17) is 6.42 Å². The molecule has 0 spiro atoms. The molecule has 0 rings (SSSR count). The van der Waals surface area contributed by atoms with Crippen LogP contribution in [0, 0.1) is 12.3 Å². The fourth-order valence-corrected chi connectivity index (χ4v) is 1.93. The minimum absolute atomic E-state index is 0.0500. The second-order valence-corrected chi connectivity index (χ2v) is 5.80. The summed E-state index contributed by atoms with van der Waals surface area (Å²) in [7, 11) is -1.15. The van der Waals surface area contributed by atoms with Crippen LogP contribution in [0.5, 0.6) is 0 Å². The molecule has 0 saturated heterocycles. The molecule has 0 saturated carbocycles. The highest BCUT2D eigenvalue weighted by Gasteiger charge is 2.24. The first-order valence-corrected chi connectivity index (χ1v) is 6.08. The Bertz CT molecular complexity index is 289. The molecule has 76 valence electrons. The van der Waals surface area contributed by atoms with Crippen molar-refractivity contribution in [2.24, 2.45) is 0 Å². The first-order chi connectivity index (χ1) is 5.80. The Labute approximate surface area is 81.0 Å². The molecule has 0 aliphatic carbocycles. The minimum atomic E-state index is -2.98. The van der Waals surface area contributed by atoms with Gasteiger partial charge in [-0.2, -0.15) is 0 Å². The highest BCUT2D eigenvalue weighted by Crippen LogP contribution is 2.09. The third kappa shape index (κ3) is 3.79. The first-order valence-electron chi connectivity index (χ1n) is 4.13. The van der Waals surface area contributed by atoms with Gasteiger partial charge in [-0.25, -0.2) is 8.42 Å². The molecular weight excluding hydrogens is 186 g/mol. The zero-order valence-electron chi connectivity index (χ0n) is 8.61. The van der Waals surface area contributed by atoms with Gasteiger partial charge in [-0.05, 0) is 20.9 Å². The Hall–Kier alpha value is -0.530. The predicted octanol–water partition coefficient (Wildman–Crippen LogP) is 0.373. The van der Waals surface area contributed by atoms with Crippen molar-refractivity contribution in [2.75, 3.05) is 19.8 Å². The fourth-order valence-electron chi connectivity index (χ4n) is 1.00. The lowest BCUT2D eigenvalue weighted by Crippen LogP contribution is -2.41. The summed E-state index contributed by atoms with van der Waals surface area (Å²) >= 11 is 0. The Balaban J connectivity index is 4.45. The van der Waals surface area contributed by atoms with E-state index in [1.807, 2.05) is 18.9 Å². The maximum absolute atomic E-state index is 11.2. The highest BCUT2D eigenvalue weighted by atomic mass is 32.2. The topological polar surface area (TPSA) is 37.4 Å². The fraction of sp³-hybridized carbons (Fsp3) is 0.778. The summed E-state index contributed by atoms with van der Waals surface area (Å²) in [5, 5.41) is -0.383. The number of sulfone groups is 1. The molecule has 13 heavy (non-hydrogen) atoms. The lowest BCUT2D eigenvalue weighted by Gasteiger charge is -2.26. The largest absolute Gasteiger partial charge is 0.291 e. The van der Waals surface area contributed by atoms with Crippen LogP contribution < -0.4 is 0 Å². The van der Waals surface area contributed by atoms with Crippen LogP contribution in [0.2, 0.25) is 0 Å². The smallest absolute Gasteiger partial charge is 0.151 e. The summed E-state index contributed by atoms with van der Waals surface area (Å²) in [6, 6.07) is -0.0500. The van der Waals surface area contributed by atoms with E-state index in [1.54, 1.807) is 6.92 Å². The molecule has 4 heteroatoms. The second-order valence-electron chi connectivity index (χ2n) is 3.39. The highest BCUT2D eigenvalue weighted by molar-refractivity contribution is 7.91. The van der Waals surface area contributed by atoms with Gasteiger partial charge in [0, 0.05) is 12.3 Å². The molecular formula is C9H17NO2S. The predicted molar refractivity (Wildman–Crippen MR) is 55.2 cm³/mol. The summed E-state index contributed by atoms with van der Waals surface area (Å²) in [5.41, 5.74) is 0. The van der Waals surface area contributed by atoms with E-state index in [1.165, 1.54) is 6.26 Å². The van der Waals surface area contributed by atoms with Crippen molar-refractivity contribution >= 4 is 9.84 Å². The summed E-state index contributed by atoms with van der Waals surface area (Å²) in [4.78, 5) is 1.85. The lowest BCUT2D eigenvalue weighted by molar-refractivity contribution is 0.283. The van der Waals surface area contributed by atoms with Crippen LogP contribution in [0.25, 0.3) is 0 Å². The third-order valence-electron chi connectivity index (χ3n) is 2.39. The Morgan fingerprint density at radius 3 is 2.23 bits per heavy atom. The van der Waals surface area contributed by atoms with Gasteiger partial charge >= 0.3 is 0 Å². The van der Waals surface area contributed by atoms with Gasteiger partial charge in [-0.3, -0.25) is 4.90 Å². The monoisotopic (exact) mass is 203 g/mol. The van der Waals surface area contributed by atoms with Crippen LogP contribution in [0.15, 0.2) is 0 Å². The molecule has 0 aliphatic rings. The van der Waals surface area contributed by atoms with E-state index in [0.717, 1.165) is 0 Å². The van der Waals surface area contributed by atoms with Crippen molar-refractivity contribution in [1.29, 1.82) is 0 Å². The lowest BCUT2D eigenvalue weighted by atomic mass is 10.2. The molecule has 0 radical (unpaired) electrons. The number of hydrogen-bond donors (Lipinski definition) is 0.